The Kier molecular flexibility index (Phi) is 8.99. The van der Waals surface area contributed by atoms with Crippen molar-refractivity contribution in [2.75, 3.05) is 0 Å². The van der Waals surface area contributed by atoms with E-state index >= 15 is 0 Å². The SMILES string of the molecule is CCCCC(CCC)Oc1ccccc1-c1cc(-c2ccc([N+](=O)[O-])cc2)nc(-c2ccc([N+](=O)[O-])cc2)c1. The van der Waals surface area contributed by atoms with Gasteiger partial charge in [-0.15, -0.1) is 0 Å². The number of ether oxygens (including phenoxy) is 1. The Morgan fingerprint density at radius 2 is 1.26 bits per heavy atom. The second kappa shape index (κ2) is 12.8. The first-order valence-electron chi connectivity index (χ1n) is 13.2. The Bertz CT molecular complexity index is 1360. The van der Waals surface area contributed by atoms with Gasteiger partial charge in [-0.2, -0.15) is 0 Å². The van der Waals surface area contributed by atoms with Gasteiger partial charge in [0.2, 0.25) is 0 Å². The molecule has 0 radical (unpaired) electrons. The van der Waals surface area contributed by atoms with Crippen LogP contribution >= 0.6 is 0 Å². The topological polar surface area (TPSA) is 108 Å². The van der Waals surface area contributed by atoms with Crippen LogP contribution in [0.2, 0.25) is 0 Å². The van der Waals surface area contributed by atoms with Gasteiger partial charge in [-0.25, -0.2) is 4.98 Å². The normalized spacial score (nSPS) is 11.6. The number of nitro groups is 2. The van der Waals surface area contributed by atoms with Crippen molar-refractivity contribution in [2.24, 2.45) is 0 Å². The van der Waals surface area contributed by atoms with Gasteiger partial charge in [0.05, 0.1) is 27.3 Å². The van der Waals surface area contributed by atoms with E-state index in [1.807, 2.05) is 36.4 Å². The van der Waals surface area contributed by atoms with E-state index in [-0.39, 0.29) is 17.5 Å². The second-order valence-corrected chi connectivity index (χ2v) is 9.40. The molecule has 1 aromatic heterocycles. The number of nitro benzene ring substituents is 2. The van der Waals surface area contributed by atoms with Gasteiger partial charge in [-0.3, -0.25) is 20.2 Å². The van der Waals surface area contributed by atoms with Gasteiger partial charge in [0, 0.05) is 41.0 Å². The van der Waals surface area contributed by atoms with Crippen LogP contribution in [0.25, 0.3) is 33.6 Å². The Morgan fingerprint density at radius 1 is 0.718 bits per heavy atom. The molecule has 4 aromatic rings. The zero-order chi connectivity index (χ0) is 27.8. The van der Waals surface area contributed by atoms with Crippen LogP contribution in [0.1, 0.15) is 46.0 Å². The van der Waals surface area contributed by atoms with Crippen molar-refractivity contribution in [1.29, 1.82) is 0 Å². The van der Waals surface area contributed by atoms with Crippen LogP contribution in [0.4, 0.5) is 11.4 Å². The summed E-state index contributed by atoms with van der Waals surface area (Å²) in [6, 6.07) is 24.3. The molecule has 0 aliphatic heterocycles. The summed E-state index contributed by atoms with van der Waals surface area (Å²) in [5, 5.41) is 22.3. The minimum atomic E-state index is -0.436. The maximum absolute atomic E-state index is 11.2. The van der Waals surface area contributed by atoms with Crippen LogP contribution in [0.5, 0.6) is 5.75 Å². The average molecular weight is 526 g/mol. The van der Waals surface area contributed by atoms with E-state index in [9.17, 15) is 20.2 Å². The third kappa shape index (κ3) is 6.84. The Hall–Kier alpha value is -4.59. The highest BCUT2D eigenvalue weighted by atomic mass is 16.6. The summed E-state index contributed by atoms with van der Waals surface area (Å²) in [5.41, 5.74) is 4.46. The number of unbranched alkanes of at least 4 members (excludes halogenated alkanes) is 1. The number of para-hydroxylation sites is 1. The van der Waals surface area contributed by atoms with Gasteiger partial charge in [-0.05, 0) is 60.9 Å². The van der Waals surface area contributed by atoms with Crippen LogP contribution in [0, 0.1) is 20.2 Å². The summed E-state index contributed by atoms with van der Waals surface area (Å²) >= 11 is 0. The summed E-state index contributed by atoms with van der Waals surface area (Å²) in [6.45, 7) is 4.33. The van der Waals surface area contributed by atoms with Crippen LogP contribution in [0.15, 0.2) is 84.9 Å². The van der Waals surface area contributed by atoms with Gasteiger partial charge >= 0.3 is 0 Å². The molecule has 0 N–H and O–H groups in total. The molecule has 1 heterocycles. The molecular formula is C31H31N3O5. The Labute approximate surface area is 227 Å². The van der Waals surface area contributed by atoms with E-state index in [1.54, 1.807) is 24.3 Å². The molecule has 0 spiro atoms. The number of hydrogen-bond acceptors (Lipinski definition) is 6. The molecule has 8 nitrogen and oxygen atoms in total. The molecule has 39 heavy (non-hydrogen) atoms. The van der Waals surface area contributed by atoms with Crippen molar-refractivity contribution in [1.82, 2.24) is 4.98 Å². The summed E-state index contributed by atoms with van der Waals surface area (Å²) in [4.78, 5) is 26.3. The third-order valence-electron chi connectivity index (χ3n) is 6.56. The number of non-ortho nitro benzene ring substituents is 2. The average Bonchev–Trinajstić information content (AvgIpc) is 2.96. The fourth-order valence-electron chi connectivity index (χ4n) is 4.49. The van der Waals surface area contributed by atoms with Crippen molar-refractivity contribution < 1.29 is 14.6 Å². The van der Waals surface area contributed by atoms with E-state index in [2.05, 4.69) is 13.8 Å². The molecule has 0 fully saturated rings. The minimum Gasteiger partial charge on any atom is -0.490 e. The first-order chi connectivity index (χ1) is 18.9. The quantitative estimate of drug-likeness (QED) is 0.135. The van der Waals surface area contributed by atoms with Gasteiger partial charge in [0.25, 0.3) is 11.4 Å². The monoisotopic (exact) mass is 525 g/mol. The predicted octanol–water partition coefficient (Wildman–Crippen LogP) is 8.64. The maximum atomic E-state index is 11.2. The zero-order valence-corrected chi connectivity index (χ0v) is 22.1. The predicted molar refractivity (Wildman–Crippen MR) is 153 cm³/mol. The van der Waals surface area contributed by atoms with E-state index < -0.39 is 9.85 Å². The largest absolute Gasteiger partial charge is 0.490 e. The molecule has 0 saturated heterocycles. The van der Waals surface area contributed by atoms with Crippen LogP contribution in [-0.4, -0.2) is 20.9 Å². The zero-order valence-electron chi connectivity index (χ0n) is 22.1. The summed E-state index contributed by atoms with van der Waals surface area (Å²) < 4.78 is 6.55. The van der Waals surface area contributed by atoms with Crippen molar-refractivity contribution in [3.05, 3.63) is 105 Å². The molecule has 4 rings (SSSR count). The van der Waals surface area contributed by atoms with Crippen molar-refractivity contribution in [3.8, 4) is 39.4 Å². The van der Waals surface area contributed by atoms with Gasteiger partial charge in [0.1, 0.15) is 5.75 Å². The van der Waals surface area contributed by atoms with E-state index in [1.165, 1.54) is 24.3 Å². The van der Waals surface area contributed by atoms with E-state index in [0.29, 0.717) is 11.4 Å². The van der Waals surface area contributed by atoms with Gasteiger partial charge in [-0.1, -0.05) is 51.3 Å². The van der Waals surface area contributed by atoms with E-state index in [0.717, 1.165) is 60.1 Å². The number of rotatable bonds is 12. The lowest BCUT2D eigenvalue weighted by atomic mass is 9.99. The third-order valence-corrected chi connectivity index (χ3v) is 6.56. The summed E-state index contributed by atoms with van der Waals surface area (Å²) in [7, 11) is 0. The maximum Gasteiger partial charge on any atom is 0.269 e. The summed E-state index contributed by atoms with van der Waals surface area (Å²) in [6.07, 6.45) is 5.29. The van der Waals surface area contributed by atoms with Crippen LogP contribution in [0.3, 0.4) is 0 Å². The van der Waals surface area contributed by atoms with Crippen molar-refractivity contribution in [3.63, 3.8) is 0 Å². The number of benzene rings is 3. The first kappa shape index (κ1) is 27.4. The van der Waals surface area contributed by atoms with Crippen molar-refractivity contribution in [2.45, 2.75) is 52.1 Å². The van der Waals surface area contributed by atoms with Crippen LogP contribution in [-0.2, 0) is 0 Å². The van der Waals surface area contributed by atoms with Crippen molar-refractivity contribution >= 4 is 11.4 Å². The molecule has 0 bridgehead atoms. The molecule has 0 amide bonds. The molecule has 8 heteroatoms. The highest BCUT2D eigenvalue weighted by molar-refractivity contribution is 5.79. The summed E-state index contributed by atoms with van der Waals surface area (Å²) in [5.74, 6) is 0.780. The fourth-order valence-corrected chi connectivity index (χ4v) is 4.49. The van der Waals surface area contributed by atoms with Gasteiger partial charge in [0.15, 0.2) is 0 Å². The number of nitrogens with zero attached hydrogens (tertiary/aromatic N) is 3. The lowest BCUT2D eigenvalue weighted by Crippen LogP contribution is -2.16. The molecule has 1 unspecified atom stereocenters. The van der Waals surface area contributed by atoms with Crippen LogP contribution < -0.4 is 4.74 Å². The highest BCUT2D eigenvalue weighted by Gasteiger charge is 2.16. The molecule has 0 aliphatic rings. The molecule has 0 saturated carbocycles. The molecule has 200 valence electrons. The standard InChI is InChI=1S/C31H31N3O5/c1-3-5-9-27(8-4-2)39-31-11-7-6-10-28(31)24-20-29(22-12-16-25(17-13-22)33(35)36)32-30(21-24)23-14-18-26(19-15-23)34(37)38/h6-7,10-21,27H,3-5,8-9H2,1-2H3. The molecule has 1 atom stereocenters. The first-order valence-corrected chi connectivity index (χ1v) is 13.2. The fraction of sp³-hybridized carbons (Fsp3) is 0.258. The molecular weight excluding hydrogens is 494 g/mol. The second-order valence-electron chi connectivity index (χ2n) is 9.40. The lowest BCUT2D eigenvalue weighted by molar-refractivity contribution is -0.385. The number of pyridine rings is 1. The Balaban J connectivity index is 1.82. The van der Waals surface area contributed by atoms with E-state index in [4.69, 9.17) is 9.72 Å². The number of aromatic nitrogens is 1. The Morgan fingerprint density at radius 3 is 1.74 bits per heavy atom. The minimum absolute atomic E-state index is 0.00159. The number of hydrogen-bond donors (Lipinski definition) is 0. The highest BCUT2D eigenvalue weighted by Crippen LogP contribution is 2.36. The lowest BCUT2D eigenvalue weighted by Gasteiger charge is -2.21. The smallest absolute Gasteiger partial charge is 0.269 e. The van der Waals surface area contributed by atoms with Gasteiger partial charge < -0.3 is 4.74 Å². The molecule has 0 aliphatic carbocycles. The molecule has 3 aromatic carbocycles.